The number of nitrogen functional groups attached to an aromatic ring is 3. The highest BCUT2D eigenvalue weighted by Gasteiger charge is 2.21. The van der Waals surface area contributed by atoms with Gasteiger partial charge in [-0.15, -0.1) is 4.91 Å². The minimum Gasteiger partial charge on any atom is -0.396 e. The van der Waals surface area contributed by atoms with Crippen molar-refractivity contribution in [2.45, 2.75) is 6.92 Å². The van der Waals surface area contributed by atoms with Crippen LogP contribution in [0.1, 0.15) is 17.3 Å². The average Bonchev–Trinajstić information content (AvgIpc) is 2.23. The van der Waals surface area contributed by atoms with Gasteiger partial charge in [0.2, 0.25) is 0 Å². The normalized spacial score (nSPS) is 9.88. The largest absolute Gasteiger partial charge is 0.396 e. The Kier molecular flexibility index (Phi) is 2.98. The molecule has 7 N–H and O–H groups in total. The molecule has 1 rings (SSSR count). The van der Waals surface area contributed by atoms with Crippen LogP contribution < -0.4 is 22.5 Å². The maximum absolute atomic E-state index is 11.4. The van der Waals surface area contributed by atoms with Crippen LogP contribution in [0.5, 0.6) is 0 Å². The Morgan fingerprint density at radius 2 is 1.75 bits per heavy atom. The second-order valence-electron chi connectivity index (χ2n) is 3.24. The SMILES string of the molecule is CNc1c(N)c(N=O)c(N)c(N)c1C(C)=O. The Morgan fingerprint density at radius 3 is 2.12 bits per heavy atom. The molecule has 0 radical (unpaired) electrons. The second-order valence-corrected chi connectivity index (χ2v) is 3.24. The third kappa shape index (κ3) is 1.52. The van der Waals surface area contributed by atoms with Gasteiger partial charge in [-0.25, -0.2) is 0 Å². The highest BCUT2D eigenvalue weighted by atomic mass is 16.3. The van der Waals surface area contributed by atoms with Crippen LogP contribution in [-0.4, -0.2) is 12.8 Å². The first kappa shape index (κ1) is 11.8. The van der Waals surface area contributed by atoms with E-state index in [0.29, 0.717) is 0 Å². The van der Waals surface area contributed by atoms with Crippen molar-refractivity contribution in [1.82, 2.24) is 0 Å². The van der Waals surface area contributed by atoms with E-state index in [9.17, 15) is 9.70 Å². The van der Waals surface area contributed by atoms with Crippen molar-refractivity contribution in [2.75, 3.05) is 29.6 Å². The van der Waals surface area contributed by atoms with E-state index in [1.165, 1.54) is 6.92 Å². The fourth-order valence-corrected chi connectivity index (χ4v) is 1.52. The summed E-state index contributed by atoms with van der Waals surface area (Å²) in [5, 5.41) is 5.42. The molecular formula is C9H13N5O2. The molecule has 0 unspecified atom stereocenters. The summed E-state index contributed by atoms with van der Waals surface area (Å²) in [6, 6.07) is 0. The van der Waals surface area contributed by atoms with Crippen LogP contribution >= 0.6 is 0 Å². The summed E-state index contributed by atoms with van der Waals surface area (Å²) in [5.74, 6) is -0.294. The average molecular weight is 223 g/mol. The van der Waals surface area contributed by atoms with Crippen molar-refractivity contribution in [3.05, 3.63) is 10.5 Å². The summed E-state index contributed by atoms with van der Waals surface area (Å²) < 4.78 is 0. The number of anilines is 4. The number of ketones is 1. The molecule has 0 fully saturated rings. The van der Waals surface area contributed by atoms with Gasteiger partial charge >= 0.3 is 0 Å². The molecule has 86 valence electrons. The first-order chi connectivity index (χ1) is 7.45. The first-order valence-electron chi connectivity index (χ1n) is 4.48. The van der Waals surface area contributed by atoms with Gasteiger partial charge in [0.15, 0.2) is 11.5 Å². The lowest BCUT2D eigenvalue weighted by Crippen LogP contribution is -2.10. The van der Waals surface area contributed by atoms with Crippen molar-refractivity contribution >= 4 is 34.2 Å². The van der Waals surface area contributed by atoms with Crippen LogP contribution in [0.4, 0.5) is 28.4 Å². The lowest BCUT2D eigenvalue weighted by Gasteiger charge is -2.16. The second kappa shape index (κ2) is 4.05. The summed E-state index contributed by atoms with van der Waals surface area (Å²) in [7, 11) is 1.56. The monoisotopic (exact) mass is 223 g/mol. The molecule has 1 aromatic carbocycles. The zero-order valence-corrected chi connectivity index (χ0v) is 9.00. The minimum absolute atomic E-state index is 0.0145. The Hall–Kier alpha value is -2.31. The Bertz CT molecular complexity index is 470. The van der Waals surface area contributed by atoms with Gasteiger partial charge < -0.3 is 22.5 Å². The van der Waals surface area contributed by atoms with Crippen molar-refractivity contribution in [1.29, 1.82) is 0 Å². The predicted molar refractivity (Wildman–Crippen MR) is 64.7 cm³/mol. The molecule has 0 atom stereocenters. The van der Waals surface area contributed by atoms with E-state index >= 15 is 0 Å². The summed E-state index contributed by atoms with van der Waals surface area (Å²) >= 11 is 0. The highest BCUT2D eigenvalue weighted by Crippen LogP contribution is 2.43. The third-order valence-corrected chi connectivity index (χ3v) is 2.28. The van der Waals surface area contributed by atoms with Gasteiger partial charge in [-0.1, -0.05) is 0 Å². The highest BCUT2D eigenvalue weighted by molar-refractivity contribution is 6.12. The molecule has 0 heterocycles. The van der Waals surface area contributed by atoms with Crippen LogP contribution in [0, 0.1) is 4.91 Å². The smallest absolute Gasteiger partial charge is 0.164 e. The molecule has 0 aliphatic heterocycles. The zero-order chi connectivity index (χ0) is 12.5. The number of Topliss-reactive ketones (excluding diaryl/α,β-unsaturated/α-hetero) is 1. The number of nitrogens with two attached hydrogens (primary N) is 3. The Labute approximate surface area is 92.0 Å². The number of nitrogens with one attached hydrogen (secondary N) is 1. The molecule has 0 saturated carbocycles. The third-order valence-electron chi connectivity index (χ3n) is 2.28. The van der Waals surface area contributed by atoms with Gasteiger partial charge in [0.05, 0.1) is 28.3 Å². The summed E-state index contributed by atoms with van der Waals surface area (Å²) in [6.45, 7) is 1.33. The molecule has 0 saturated heterocycles. The molecular weight excluding hydrogens is 210 g/mol. The van der Waals surface area contributed by atoms with E-state index in [1.54, 1.807) is 7.05 Å². The van der Waals surface area contributed by atoms with Gasteiger partial charge in [-0.2, -0.15) is 0 Å². The van der Waals surface area contributed by atoms with E-state index in [1.807, 2.05) is 0 Å². The van der Waals surface area contributed by atoms with E-state index in [0.717, 1.165) is 0 Å². The zero-order valence-electron chi connectivity index (χ0n) is 9.00. The predicted octanol–water partition coefficient (Wildman–Crippen LogP) is 1.08. The number of rotatable bonds is 3. The van der Waals surface area contributed by atoms with Gasteiger partial charge in [-0.3, -0.25) is 4.79 Å². The number of benzene rings is 1. The lowest BCUT2D eigenvalue weighted by molar-refractivity contribution is 0.101. The van der Waals surface area contributed by atoms with Crippen LogP contribution in [-0.2, 0) is 0 Å². The van der Waals surface area contributed by atoms with Crippen LogP contribution in [0.15, 0.2) is 5.18 Å². The fourth-order valence-electron chi connectivity index (χ4n) is 1.52. The first-order valence-corrected chi connectivity index (χ1v) is 4.48. The number of nitrogens with zero attached hydrogens (tertiary/aromatic N) is 1. The van der Waals surface area contributed by atoms with E-state index < -0.39 is 0 Å². The lowest BCUT2D eigenvalue weighted by atomic mass is 10.0. The maximum Gasteiger partial charge on any atom is 0.164 e. The molecule has 16 heavy (non-hydrogen) atoms. The number of hydrogen-bond acceptors (Lipinski definition) is 7. The van der Waals surface area contributed by atoms with E-state index in [2.05, 4.69) is 10.5 Å². The minimum atomic E-state index is -0.294. The van der Waals surface area contributed by atoms with E-state index in [4.69, 9.17) is 17.2 Å². The molecule has 7 nitrogen and oxygen atoms in total. The summed E-state index contributed by atoms with van der Waals surface area (Å²) in [6.07, 6.45) is 0. The standard InChI is InChI=1S/C9H13N5O2/c1-3(15)4-5(10)6(11)9(14-16)7(12)8(4)13-2/h13H,10-12H2,1-2H3. The Balaban J connectivity index is 3.77. The van der Waals surface area contributed by atoms with Crippen molar-refractivity contribution in [3.63, 3.8) is 0 Å². The molecule has 0 amide bonds. The molecule has 0 spiro atoms. The topological polar surface area (TPSA) is 137 Å². The van der Waals surface area contributed by atoms with Crippen LogP contribution in [0.25, 0.3) is 0 Å². The van der Waals surface area contributed by atoms with Gasteiger partial charge in [-0.05, 0) is 12.1 Å². The molecule has 0 aliphatic carbocycles. The van der Waals surface area contributed by atoms with Gasteiger partial charge in [0, 0.05) is 7.05 Å². The molecule has 0 bridgehead atoms. The van der Waals surface area contributed by atoms with Crippen molar-refractivity contribution in [2.24, 2.45) is 5.18 Å². The number of carbonyl (C=O) groups is 1. The van der Waals surface area contributed by atoms with Crippen LogP contribution in [0.3, 0.4) is 0 Å². The number of nitroso groups, excluding NO2 is 1. The van der Waals surface area contributed by atoms with Crippen LogP contribution in [0.2, 0.25) is 0 Å². The number of hydrogen-bond donors (Lipinski definition) is 4. The maximum atomic E-state index is 11.4. The van der Waals surface area contributed by atoms with Crippen molar-refractivity contribution in [3.8, 4) is 0 Å². The van der Waals surface area contributed by atoms with Crippen molar-refractivity contribution < 1.29 is 4.79 Å². The number of carbonyl (C=O) groups excluding carboxylic acids is 1. The molecule has 0 aromatic heterocycles. The van der Waals surface area contributed by atoms with Gasteiger partial charge in [0.1, 0.15) is 0 Å². The summed E-state index contributed by atoms with van der Waals surface area (Å²) in [5.41, 5.74) is 17.2. The molecule has 1 aromatic rings. The Morgan fingerprint density at radius 1 is 1.19 bits per heavy atom. The molecule has 0 aliphatic rings. The quantitative estimate of drug-likeness (QED) is 0.343. The fraction of sp³-hybridized carbons (Fsp3) is 0.222. The molecule has 7 heteroatoms. The van der Waals surface area contributed by atoms with Gasteiger partial charge in [0.25, 0.3) is 0 Å². The summed E-state index contributed by atoms with van der Waals surface area (Å²) in [4.78, 5) is 22.0. The van der Waals surface area contributed by atoms with E-state index in [-0.39, 0.29) is 39.8 Å².